The molecule has 0 aliphatic carbocycles. The number of pyridine rings is 1. The molecule has 1 amide bonds. The molecule has 1 aromatic carbocycles. The second-order valence-corrected chi connectivity index (χ2v) is 6.11. The number of hydrogen-bond acceptors (Lipinski definition) is 6. The first-order valence-electron chi connectivity index (χ1n) is 8.51. The number of aromatic nitrogens is 1. The van der Waals surface area contributed by atoms with Gasteiger partial charge < -0.3 is 14.3 Å². The summed E-state index contributed by atoms with van der Waals surface area (Å²) in [5.41, 5.74) is 0.564. The zero-order chi connectivity index (χ0) is 19.7. The number of ketones is 1. The van der Waals surface area contributed by atoms with Gasteiger partial charge in [0.2, 0.25) is 5.78 Å². The second-order valence-electron chi connectivity index (χ2n) is 6.11. The van der Waals surface area contributed by atoms with Crippen molar-refractivity contribution in [3.8, 4) is 5.75 Å². The Labute approximate surface area is 160 Å². The van der Waals surface area contributed by atoms with Gasteiger partial charge in [0.25, 0.3) is 5.91 Å². The van der Waals surface area contributed by atoms with Gasteiger partial charge in [-0.1, -0.05) is 18.2 Å². The summed E-state index contributed by atoms with van der Waals surface area (Å²) in [7, 11) is 1.55. The van der Waals surface area contributed by atoms with Gasteiger partial charge in [-0.2, -0.15) is 0 Å². The fourth-order valence-corrected chi connectivity index (χ4v) is 3.21. The number of ether oxygens (including phenoxy) is 1. The van der Waals surface area contributed by atoms with Crippen molar-refractivity contribution in [2.75, 3.05) is 12.0 Å². The Balaban J connectivity index is 1.86. The highest BCUT2D eigenvalue weighted by molar-refractivity contribution is 6.19. The van der Waals surface area contributed by atoms with Crippen LogP contribution in [0.3, 0.4) is 0 Å². The van der Waals surface area contributed by atoms with E-state index in [0.717, 1.165) is 0 Å². The molecule has 3 aromatic rings. The molecule has 0 saturated heterocycles. The van der Waals surface area contributed by atoms with Crippen molar-refractivity contribution in [1.29, 1.82) is 0 Å². The molecule has 1 N–H and O–H groups in total. The van der Waals surface area contributed by atoms with Gasteiger partial charge in [-0.05, 0) is 42.0 Å². The number of hydrogen-bond donors (Lipinski definition) is 1. The maximum absolute atomic E-state index is 13.0. The third-order valence-electron chi connectivity index (χ3n) is 4.53. The molecule has 1 aliphatic heterocycles. The third-order valence-corrected chi connectivity index (χ3v) is 4.53. The zero-order valence-electron chi connectivity index (χ0n) is 14.9. The highest BCUT2D eigenvalue weighted by Crippen LogP contribution is 2.41. The molecule has 0 saturated carbocycles. The summed E-state index contributed by atoms with van der Waals surface area (Å²) < 4.78 is 10.4. The molecular formula is C21H16N2O5. The molecule has 3 heterocycles. The number of Topliss-reactive ketones (excluding diaryl/α,β-unsaturated/α-hetero) is 1. The van der Waals surface area contributed by atoms with E-state index >= 15 is 0 Å². The van der Waals surface area contributed by atoms with Crippen molar-refractivity contribution in [2.24, 2.45) is 0 Å². The zero-order valence-corrected chi connectivity index (χ0v) is 14.9. The number of nitrogens with zero attached hydrogens (tertiary/aromatic N) is 2. The quantitative estimate of drug-likeness (QED) is 0.686. The molecule has 1 aliphatic rings. The first-order chi connectivity index (χ1) is 13.6. The van der Waals surface area contributed by atoms with E-state index in [1.807, 2.05) is 0 Å². The Kier molecular flexibility index (Phi) is 4.41. The predicted octanol–water partition coefficient (Wildman–Crippen LogP) is 3.47. The van der Waals surface area contributed by atoms with Crippen LogP contribution in [0.4, 0.5) is 5.82 Å². The Morgan fingerprint density at radius 3 is 2.54 bits per heavy atom. The Bertz CT molecular complexity index is 1040. The van der Waals surface area contributed by atoms with Gasteiger partial charge in [-0.15, -0.1) is 0 Å². The molecule has 140 valence electrons. The number of aliphatic hydroxyl groups excluding tert-OH is 1. The van der Waals surface area contributed by atoms with Crippen LogP contribution in [0.25, 0.3) is 0 Å². The van der Waals surface area contributed by atoms with Gasteiger partial charge in [0.05, 0.1) is 25.0 Å². The maximum atomic E-state index is 13.0. The van der Waals surface area contributed by atoms with Crippen LogP contribution in [0.1, 0.15) is 22.2 Å². The smallest absolute Gasteiger partial charge is 0.295 e. The maximum Gasteiger partial charge on any atom is 0.295 e. The van der Waals surface area contributed by atoms with Crippen LogP contribution in [0, 0.1) is 0 Å². The summed E-state index contributed by atoms with van der Waals surface area (Å²) >= 11 is 0. The van der Waals surface area contributed by atoms with Crippen LogP contribution in [0.5, 0.6) is 5.75 Å². The molecule has 0 radical (unpaired) electrons. The molecule has 0 bridgehead atoms. The summed E-state index contributed by atoms with van der Waals surface area (Å²) in [6, 6.07) is 14.2. The van der Waals surface area contributed by atoms with Crippen LogP contribution in [-0.4, -0.2) is 28.9 Å². The number of rotatable bonds is 5. The molecule has 7 nitrogen and oxygen atoms in total. The standard InChI is InChI=1S/C21H16N2O5/c1-27-14-9-7-13(8-10-14)18-17(19(24)15-5-4-12-28-15)20(25)21(26)23(18)16-6-2-3-11-22-16/h2-12,18,25H,1H3. The molecule has 1 unspecified atom stereocenters. The minimum atomic E-state index is -0.856. The minimum Gasteiger partial charge on any atom is -0.503 e. The molecule has 1 atom stereocenters. The molecule has 0 spiro atoms. The van der Waals surface area contributed by atoms with Crippen molar-refractivity contribution in [2.45, 2.75) is 6.04 Å². The lowest BCUT2D eigenvalue weighted by Gasteiger charge is -2.25. The van der Waals surface area contributed by atoms with Gasteiger partial charge in [-0.25, -0.2) is 4.98 Å². The van der Waals surface area contributed by atoms with Crippen molar-refractivity contribution >= 4 is 17.5 Å². The number of anilines is 1. The van der Waals surface area contributed by atoms with E-state index in [1.165, 1.54) is 23.4 Å². The average Bonchev–Trinajstić information content (AvgIpc) is 3.36. The predicted molar refractivity (Wildman–Crippen MR) is 100 cm³/mol. The Hall–Kier alpha value is -3.87. The number of methoxy groups -OCH3 is 1. The minimum absolute atomic E-state index is 0.0377. The van der Waals surface area contributed by atoms with Crippen molar-refractivity contribution in [1.82, 2.24) is 4.98 Å². The Morgan fingerprint density at radius 1 is 1.14 bits per heavy atom. The lowest BCUT2D eigenvalue weighted by Crippen LogP contribution is -2.31. The molecule has 28 heavy (non-hydrogen) atoms. The number of amides is 1. The van der Waals surface area contributed by atoms with Crippen molar-refractivity contribution in [3.05, 3.63) is 89.7 Å². The lowest BCUT2D eigenvalue weighted by atomic mass is 9.95. The van der Waals surface area contributed by atoms with Crippen molar-refractivity contribution in [3.63, 3.8) is 0 Å². The fraction of sp³-hybridized carbons (Fsp3) is 0.0952. The largest absolute Gasteiger partial charge is 0.503 e. The summed E-state index contributed by atoms with van der Waals surface area (Å²) in [4.78, 5) is 31.4. The molecule has 2 aromatic heterocycles. The van der Waals surface area contributed by atoms with E-state index in [1.54, 1.807) is 55.6 Å². The Morgan fingerprint density at radius 2 is 1.93 bits per heavy atom. The highest BCUT2D eigenvalue weighted by Gasteiger charge is 2.45. The van der Waals surface area contributed by atoms with Gasteiger partial charge in [0.15, 0.2) is 11.5 Å². The van der Waals surface area contributed by atoms with Crippen LogP contribution in [0.2, 0.25) is 0 Å². The van der Waals surface area contributed by atoms with E-state index in [0.29, 0.717) is 17.1 Å². The number of aliphatic hydroxyl groups is 1. The summed E-state index contributed by atoms with van der Waals surface area (Å²) in [6.07, 6.45) is 2.90. The number of furan rings is 1. The fourth-order valence-electron chi connectivity index (χ4n) is 3.21. The molecule has 0 fully saturated rings. The second kappa shape index (κ2) is 7.03. The summed E-state index contributed by atoms with van der Waals surface area (Å²) in [5, 5.41) is 10.6. The third kappa shape index (κ3) is 2.83. The van der Waals surface area contributed by atoms with E-state index in [9.17, 15) is 14.7 Å². The van der Waals surface area contributed by atoms with E-state index in [4.69, 9.17) is 9.15 Å². The van der Waals surface area contributed by atoms with Crippen LogP contribution < -0.4 is 9.64 Å². The van der Waals surface area contributed by atoms with E-state index < -0.39 is 23.5 Å². The molecule has 4 rings (SSSR count). The van der Waals surface area contributed by atoms with Gasteiger partial charge >= 0.3 is 0 Å². The number of carbonyl (C=O) groups is 2. The van der Waals surface area contributed by atoms with E-state index in [-0.39, 0.29) is 11.3 Å². The topological polar surface area (TPSA) is 92.9 Å². The first-order valence-corrected chi connectivity index (χ1v) is 8.51. The van der Waals surface area contributed by atoms with Crippen LogP contribution in [-0.2, 0) is 4.79 Å². The molecule has 7 heteroatoms. The van der Waals surface area contributed by atoms with E-state index in [2.05, 4.69) is 4.98 Å². The number of carbonyl (C=O) groups excluding carboxylic acids is 2. The highest BCUT2D eigenvalue weighted by atomic mass is 16.5. The van der Waals surface area contributed by atoms with Gasteiger partial charge in [0, 0.05) is 6.20 Å². The lowest BCUT2D eigenvalue weighted by molar-refractivity contribution is -0.117. The summed E-state index contributed by atoms with van der Waals surface area (Å²) in [6.45, 7) is 0. The first kappa shape index (κ1) is 17.5. The van der Waals surface area contributed by atoms with Crippen LogP contribution >= 0.6 is 0 Å². The molecular weight excluding hydrogens is 360 g/mol. The monoisotopic (exact) mass is 376 g/mol. The van der Waals surface area contributed by atoms with Crippen molar-refractivity contribution < 1.29 is 23.8 Å². The SMILES string of the molecule is COc1ccc(C2C(C(=O)c3ccco3)=C(O)C(=O)N2c2ccccn2)cc1. The van der Waals surface area contributed by atoms with Gasteiger partial charge in [-0.3, -0.25) is 14.5 Å². The average molecular weight is 376 g/mol. The van der Waals surface area contributed by atoms with Crippen LogP contribution in [0.15, 0.2) is 82.8 Å². The normalized spacial score (nSPS) is 16.5. The summed E-state index contributed by atoms with van der Waals surface area (Å²) in [5.74, 6) is -0.889. The number of benzene rings is 1. The van der Waals surface area contributed by atoms with Gasteiger partial charge in [0.1, 0.15) is 11.6 Å².